The second-order valence-corrected chi connectivity index (χ2v) is 9.48. The number of amides is 3. The fourth-order valence-electron chi connectivity index (χ4n) is 5.40. The number of para-hydroxylation sites is 1. The summed E-state index contributed by atoms with van der Waals surface area (Å²) in [5.74, 6) is -0.316. The van der Waals surface area contributed by atoms with Crippen LogP contribution in [0.2, 0.25) is 0 Å². The highest BCUT2D eigenvalue weighted by atomic mass is 16.5. The summed E-state index contributed by atoms with van der Waals surface area (Å²) in [6, 6.07) is 19.8. The Morgan fingerprint density at radius 3 is 2.28 bits per heavy atom. The van der Waals surface area contributed by atoms with Crippen molar-refractivity contribution in [3.8, 4) is 0 Å². The van der Waals surface area contributed by atoms with Crippen molar-refractivity contribution in [1.29, 1.82) is 0 Å². The fraction of sp³-hybridized carbons (Fsp3) is 0.464. The van der Waals surface area contributed by atoms with Gasteiger partial charge in [0.25, 0.3) is 5.91 Å². The van der Waals surface area contributed by atoms with Crippen LogP contribution in [0.25, 0.3) is 0 Å². The van der Waals surface area contributed by atoms with Gasteiger partial charge in [-0.25, -0.2) is 0 Å². The van der Waals surface area contributed by atoms with Crippen LogP contribution in [0.3, 0.4) is 0 Å². The highest BCUT2D eigenvalue weighted by molar-refractivity contribution is 5.96. The summed E-state index contributed by atoms with van der Waals surface area (Å²) in [5, 5.41) is 2.80. The quantitative estimate of drug-likeness (QED) is 0.544. The molecule has 1 atom stereocenters. The van der Waals surface area contributed by atoms with Gasteiger partial charge >= 0.3 is 0 Å². The third kappa shape index (κ3) is 5.23. The number of carbonyl (C=O) groups excluding carboxylic acids is 3. The van der Waals surface area contributed by atoms with Gasteiger partial charge in [-0.2, -0.15) is 0 Å². The molecule has 36 heavy (non-hydrogen) atoms. The zero-order valence-electron chi connectivity index (χ0n) is 21.2. The molecule has 1 spiro atoms. The second kappa shape index (κ2) is 11.6. The molecule has 3 amide bonds. The lowest BCUT2D eigenvalue weighted by Crippen LogP contribution is -2.58. The Kier molecular flexibility index (Phi) is 8.25. The van der Waals surface area contributed by atoms with Crippen molar-refractivity contribution >= 4 is 23.4 Å². The van der Waals surface area contributed by atoms with Crippen LogP contribution in [0, 0.1) is 0 Å². The van der Waals surface area contributed by atoms with Crippen molar-refractivity contribution in [2.24, 2.45) is 0 Å². The molecule has 2 aliphatic heterocycles. The number of rotatable bonds is 9. The van der Waals surface area contributed by atoms with Crippen LogP contribution in [0.15, 0.2) is 60.7 Å². The summed E-state index contributed by atoms with van der Waals surface area (Å²) >= 11 is 0. The highest BCUT2D eigenvalue weighted by Gasteiger charge is 2.54. The van der Waals surface area contributed by atoms with Gasteiger partial charge in [0.2, 0.25) is 11.8 Å². The predicted molar refractivity (Wildman–Crippen MR) is 138 cm³/mol. The molecule has 2 aliphatic rings. The van der Waals surface area contributed by atoms with Gasteiger partial charge in [-0.15, -0.1) is 0 Å². The molecule has 192 valence electrons. The molecule has 0 radical (unpaired) electrons. The van der Waals surface area contributed by atoms with Crippen LogP contribution in [0.4, 0.5) is 5.69 Å². The molecule has 2 fully saturated rings. The fourth-order valence-corrected chi connectivity index (χ4v) is 5.40. The molecule has 8 nitrogen and oxygen atoms in total. The average molecular weight is 493 g/mol. The Morgan fingerprint density at radius 1 is 1.03 bits per heavy atom. The summed E-state index contributed by atoms with van der Waals surface area (Å²) in [7, 11) is 1.58. The molecule has 2 saturated heterocycles. The molecule has 0 unspecified atom stereocenters. The van der Waals surface area contributed by atoms with E-state index in [1.54, 1.807) is 12.0 Å². The first-order valence-electron chi connectivity index (χ1n) is 12.7. The van der Waals surface area contributed by atoms with Crippen LogP contribution < -0.4 is 10.2 Å². The van der Waals surface area contributed by atoms with E-state index in [0.717, 1.165) is 17.7 Å². The van der Waals surface area contributed by atoms with Crippen LogP contribution in [-0.2, 0) is 19.1 Å². The van der Waals surface area contributed by atoms with Crippen LogP contribution in [0.5, 0.6) is 0 Å². The Labute approximate surface area is 213 Å². The summed E-state index contributed by atoms with van der Waals surface area (Å²) in [4.78, 5) is 45.4. The largest absolute Gasteiger partial charge is 0.383 e. The second-order valence-electron chi connectivity index (χ2n) is 9.48. The number of ether oxygens (including phenoxy) is 1. The van der Waals surface area contributed by atoms with Crippen LogP contribution >= 0.6 is 0 Å². The topological polar surface area (TPSA) is 82.2 Å². The van der Waals surface area contributed by atoms with Crippen molar-refractivity contribution < 1.29 is 19.1 Å². The van der Waals surface area contributed by atoms with Gasteiger partial charge in [-0.05, 0) is 37.0 Å². The summed E-state index contributed by atoms with van der Waals surface area (Å²) in [5.41, 5.74) is 1.21. The molecule has 8 heteroatoms. The normalized spacial score (nSPS) is 17.9. The maximum Gasteiger partial charge on any atom is 0.250 e. The lowest BCUT2D eigenvalue weighted by molar-refractivity contribution is -0.140. The summed E-state index contributed by atoms with van der Waals surface area (Å²) < 4.78 is 4.99. The van der Waals surface area contributed by atoms with E-state index < -0.39 is 5.54 Å². The standard InChI is InChI=1S/C28H36N4O4/c1-3-24(22-10-6-4-7-11-22)26(34)30-17-14-28(15-18-30)27(35)31(20-25(33)29-16-19-36-2)21-32(28)23-12-8-5-9-13-23/h4-13,24H,3,14-21H2,1-2H3,(H,29,33)/t24-/m1/s1. The van der Waals surface area contributed by atoms with E-state index in [4.69, 9.17) is 4.74 Å². The Bertz CT molecular complexity index is 1040. The van der Waals surface area contributed by atoms with Crippen molar-refractivity contribution in [3.63, 3.8) is 0 Å². The number of hydrogen-bond acceptors (Lipinski definition) is 5. The molecule has 1 N–H and O–H groups in total. The van der Waals surface area contributed by atoms with Gasteiger partial charge in [0.05, 0.1) is 19.2 Å². The molecule has 2 aromatic rings. The first kappa shape index (κ1) is 25.7. The molecular formula is C28H36N4O4. The Hall–Kier alpha value is -3.39. The van der Waals surface area contributed by atoms with E-state index >= 15 is 0 Å². The lowest BCUT2D eigenvalue weighted by atomic mass is 9.84. The minimum atomic E-state index is -0.764. The number of anilines is 1. The van der Waals surface area contributed by atoms with Crippen LogP contribution in [0.1, 0.15) is 37.7 Å². The molecular weight excluding hydrogens is 456 g/mol. The average Bonchev–Trinajstić information content (AvgIpc) is 3.17. The molecule has 0 bridgehead atoms. The van der Waals surface area contributed by atoms with Gasteiger partial charge < -0.3 is 24.8 Å². The van der Waals surface area contributed by atoms with Gasteiger partial charge in [-0.1, -0.05) is 55.5 Å². The minimum absolute atomic E-state index is 0.00217. The number of likely N-dealkylation sites (tertiary alicyclic amines) is 1. The number of benzene rings is 2. The molecule has 0 aliphatic carbocycles. The lowest BCUT2D eigenvalue weighted by Gasteiger charge is -2.44. The highest BCUT2D eigenvalue weighted by Crippen LogP contribution is 2.40. The van der Waals surface area contributed by atoms with E-state index in [-0.39, 0.29) is 30.2 Å². The Morgan fingerprint density at radius 2 is 1.67 bits per heavy atom. The molecule has 2 aromatic carbocycles. The number of nitrogens with one attached hydrogen (secondary N) is 1. The molecule has 0 saturated carbocycles. The van der Waals surface area contributed by atoms with E-state index in [0.29, 0.717) is 45.8 Å². The summed E-state index contributed by atoms with van der Waals surface area (Å²) in [6.45, 7) is 4.22. The van der Waals surface area contributed by atoms with Gasteiger partial charge in [0.1, 0.15) is 12.1 Å². The van der Waals surface area contributed by atoms with Crippen molar-refractivity contribution in [2.45, 2.75) is 37.6 Å². The number of piperidine rings is 1. The number of carbonyl (C=O) groups is 3. The van der Waals surface area contributed by atoms with Gasteiger partial charge in [-0.3, -0.25) is 14.4 Å². The van der Waals surface area contributed by atoms with Crippen molar-refractivity contribution in [3.05, 3.63) is 66.2 Å². The first-order chi connectivity index (χ1) is 17.5. The molecule has 0 aromatic heterocycles. The summed E-state index contributed by atoms with van der Waals surface area (Å²) in [6.07, 6.45) is 1.78. The van der Waals surface area contributed by atoms with E-state index in [1.807, 2.05) is 72.5 Å². The first-order valence-corrected chi connectivity index (χ1v) is 12.7. The third-order valence-corrected chi connectivity index (χ3v) is 7.36. The van der Waals surface area contributed by atoms with E-state index in [1.165, 1.54) is 0 Å². The molecule has 4 rings (SSSR count). The maximum absolute atomic E-state index is 13.8. The zero-order chi connectivity index (χ0) is 25.5. The van der Waals surface area contributed by atoms with E-state index in [2.05, 4.69) is 10.2 Å². The number of methoxy groups -OCH3 is 1. The van der Waals surface area contributed by atoms with Gasteiger partial charge in [0.15, 0.2) is 0 Å². The number of hydrogen-bond donors (Lipinski definition) is 1. The molecule has 2 heterocycles. The number of nitrogens with zero attached hydrogens (tertiary/aromatic N) is 3. The van der Waals surface area contributed by atoms with Crippen LogP contribution in [-0.4, -0.2) is 79.6 Å². The smallest absolute Gasteiger partial charge is 0.250 e. The minimum Gasteiger partial charge on any atom is -0.383 e. The predicted octanol–water partition coefficient (Wildman–Crippen LogP) is 2.61. The van der Waals surface area contributed by atoms with Gasteiger partial charge in [0, 0.05) is 32.4 Å². The zero-order valence-corrected chi connectivity index (χ0v) is 21.2. The Balaban J connectivity index is 1.50. The van der Waals surface area contributed by atoms with Crippen molar-refractivity contribution in [1.82, 2.24) is 15.1 Å². The van der Waals surface area contributed by atoms with Crippen molar-refractivity contribution in [2.75, 3.05) is 51.5 Å². The maximum atomic E-state index is 13.8. The SMILES string of the molecule is CC[C@@H](C(=O)N1CCC2(CC1)C(=O)N(CC(=O)NCCOC)CN2c1ccccc1)c1ccccc1. The van der Waals surface area contributed by atoms with E-state index in [9.17, 15) is 14.4 Å². The monoisotopic (exact) mass is 492 g/mol. The third-order valence-electron chi connectivity index (χ3n) is 7.36.